The first-order valence-corrected chi connectivity index (χ1v) is 6.47. The molecule has 0 radical (unpaired) electrons. The Morgan fingerprint density at radius 1 is 1.47 bits per heavy atom. The minimum absolute atomic E-state index is 0.618. The molecule has 1 unspecified atom stereocenters. The van der Waals surface area contributed by atoms with E-state index in [2.05, 4.69) is 48.7 Å². The lowest BCUT2D eigenvalue weighted by atomic mass is 10.2. The molecule has 1 aromatic rings. The van der Waals surface area contributed by atoms with Crippen LogP contribution in [0.4, 0.5) is 0 Å². The molecular weight excluding hydrogens is 204 g/mol. The van der Waals surface area contributed by atoms with Gasteiger partial charge in [-0.2, -0.15) is 0 Å². The van der Waals surface area contributed by atoms with Crippen LogP contribution >= 0.6 is 11.3 Å². The maximum absolute atomic E-state index is 3.56. The largest absolute Gasteiger partial charge is 0.314 e. The van der Waals surface area contributed by atoms with Crippen molar-refractivity contribution < 1.29 is 0 Å². The molecule has 2 nitrogen and oxygen atoms in total. The molecule has 0 aliphatic rings. The summed E-state index contributed by atoms with van der Waals surface area (Å²) in [7, 11) is 4.25. The van der Waals surface area contributed by atoms with Gasteiger partial charge < -0.3 is 10.2 Å². The fourth-order valence-electron chi connectivity index (χ4n) is 1.45. The first-order chi connectivity index (χ1) is 7.18. The summed E-state index contributed by atoms with van der Waals surface area (Å²) in [6, 6.07) is 4.94. The fourth-order valence-corrected chi connectivity index (χ4v) is 2.16. The summed E-state index contributed by atoms with van der Waals surface area (Å²) in [6.07, 6.45) is 2.38. The third-order valence-corrected chi connectivity index (χ3v) is 3.39. The zero-order chi connectivity index (χ0) is 11.1. The first-order valence-electron chi connectivity index (χ1n) is 5.59. The topological polar surface area (TPSA) is 15.3 Å². The minimum Gasteiger partial charge on any atom is -0.314 e. The number of thiophene rings is 1. The molecule has 1 rings (SSSR count). The fraction of sp³-hybridized carbons (Fsp3) is 0.667. The average molecular weight is 226 g/mol. The van der Waals surface area contributed by atoms with Gasteiger partial charge in [0.2, 0.25) is 0 Å². The van der Waals surface area contributed by atoms with Gasteiger partial charge in [-0.05, 0) is 51.9 Å². The van der Waals surface area contributed by atoms with Gasteiger partial charge in [0, 0.05) is 17.5 Å². The van der Waals surface area contributed by atoms with Gasteiger partial charge in [-0.15, -0.1) is 11.3 Å². The van der Waals surface area contributed by atoms with Crippen LogP contribution in [-0.4, -0.2) is 38.1 Å². The van der Waals surface area contributed by atoms with Crippen LogP contribution in [0.3, 0.4) is 0 Å². The molecule has 0 aromatic carbocycles. The van der Waals surface area contributed by atoms with Crippen molar-refractivity contribution in [1.82, 2.24) is 10.2 Å². The van der Waals surface area contributed by atoms with Crippen molar-refractivity contribution in [2.45, 2.75) is 25.8 Å². The Morgan fingerprint density at radius 3 is 2.87 bits per heavy atom. The standard InChI is InChI=1S/C12H22N2S/c1-11(7-9-14(2)3)13-8-6-12-5-4-10-15-12/h4-5,10-11,13H,6-9H2,1-3H3. The molecule has 15 heavy (non-hydrogen) atoms. The molecule has 0 aliphatic heterocycles. The zero-order valence-corrected chi connectivity index (χ0v) is 10.8. The van der Waals surface area contributed by atoms with Crippen LogP contribution in [-0.2, 0) is 6.42 Å². The van der Waals surface area contributed by atoms with Crippen LogP contribution in [0.25, 0.3) is 0 Å². The first kappa shape index (κ1) is 12.7. The van der Waals surface area contributed by atoms with Crippen molar-refractivity contribution >= 4 is 11.3 Å². The predicted octanol–water partition coefficient (Wildman–Crippen LogP) is 2.22. The number of hydrogen-bond acceptors (Lipinski definition) is 3. The summed E-state index contributed by atoms with van der Waals surface area (Å²) in [5, 5.41) is 5.70. The van der Waals surface area contributed by atoms with E-state index in [4.69, 9.17) is 0 Å². The van der Waals surface area contributed by atoms with E-state index in [1.165, 1.54) is 11.3 Å². The highest BCUT2D eigenvalue weighted by Gasteiger charge is 2.01. The van der Waals surface area contributed by atoms with Gasteiger partial charge in [-0.3, -0.25) is 0 Å². The molecule has 0 bridgehead atoms. The second-order valence-electron chi connectivity index (χ2n) is 4.28. The average Bonchev–Trinajstić information content (AvgIpc) is 2.67. The third-order valence-electron chi connectivity index (χ3n) is 2.45. The van der Waals surface area contributed by atoms with Crippen molar-refractivity contribution in [2.24, 2.45) is 0 Å². The Labute approximate surface area is 97.3 Å². The quantitative estimate of drug-likeness (QED) is 0.767. The molecule has 1 N–H and O–H groups in total. The normalized spacial score (nSPS) is 13.3. The van der Waals surface area contributed by atoms with Gasteiger partial charge in [0.25, 0.3) is 0 Å². The molecule has 0 spiro atoms. The molecule has 0 aliphatic carbocycles. The number of hydrogen-bond donors (Lipinski definition) is 1. The van der Waals surface area contributed by atoms with Gasteiger partial charge in [-0.1, -0.05) is 6.07 Å². The van der Waals surface area contributed by atoms with E-state index in [1.807, 2.05) is 11.3 Å². The number of nitrogens with one attached hydrogen (secondary N) is 1. The lowest BCUT2D eigenvalue weighted by Crippen LogP contribution is -2.31. The van der Waals surface area contributed by atoms with Crippen LogP contribution in [0, 0.1) is 0 Å². The van der Waals surface area contributed by atoms with E-state index in [9.17, 15) is 0 Å². The van der Waals surface area contributed by atoms with Crippen LogP contribution in [0.15, 0.2) is 17.5 Å². The monoisotopic (exact) mass is 226 g/mol. The molecule has 0 fully saturated rings. The van der Waals surface area contributed by atoms with Gasteiger partial charge in [0.1, 0.15) is 0 Å². The van der Waals surface area contributed by atoms with Gasteiger partial charge in [0.15, 0.2) is 0 Å². The van der Waals surface area contributed by atoms with Gasteiger partial charge in [0.05, 0.1) is 0 Å². The Balaban J connectivity index is 2.04. The summed E-state index contributed by atoms with van der Waals surface area (Å²) in [5.74, 6) is 0. The minimum atomic E-state index is 0.618. The molecule has 1 aromatic heterocycles. The van der Waals surface area contributed by atoms with Crippen molar-refractivity contribution in [3.63, 3.8) is 0 Å². The summed E-state index contributed by atoms with van der Waals surface area (Å²) >= 11 is 1.84. The van der Waals surface area contributed by atoms with Crippen LogP contribution < -0.4 is 5.32 Å². The predicted molar refractivity (Wildman–Crippen MR) is 68.7 cm³/mol. The maximum Gasteiger partial charge on any atom is 0.00578 e. The summed E-state index contributed by atoms with van der Waals surface area (Å²) in [6.45, 7) is 4.51. The van der Waals surface area contributed by atoms with Gasteiger partial charge in [-0.25, -0.2) is 0 Å². The molecule has 1 heterocycles. The Kier molecular flexibility index (Phi) is 5.91. The van der Waals surface area contributed by atoms with E-state index in [0.717, 1.165) is 19.5 Å². The van der Waals surface area contributed by atoms with Crippen LogP contribution in [0.2, 0.25) is 0 Å². The summed E-state index contributed by atoms with van der Waals surface area (Å²) in [5.41, 5.74) is 0. The Hall–Kier alpha value is -0.380. The van der Waals surface area contributed by atoms with Crippen molar-refractivity contribution in [2.75, 3.05) is 27.2 Å². The lowest BCUT2D eigenvalue weighted by Gasteiger charge is -2.16. The summed E-state index contributed by atoms with van der Waals surface area (Å²) in [4.78, 5) is 3.71. The summed E-state index contributed by atoms with van der Waals surface area (Å²) < 4.78 is 0. The van der Waals surface area contributed by atoms with Crippen LogP contribution in [0.5, 0.6) is 0 Å². The molecule has 3 heteroatoms. The number of rotatable bonds is 7. The smallest absolute Gasteiger partial charge is 0.00578 e. The van der Waals surface area contributed by atoms with E-state index in [1.54, 1.807) is 0 Å². The lowest BCUT2D eigenvalue weighted by molar-refractivity contribution is 0.367. The molecule has 0 amide bonds. The van der Waals surface area contributed by atoms with E-state index >= 15 is 0 Å². The van der Waals surface area contributed by atoms with E-state index in [-0.39, 0.29) is 0 Å². The maximum atomic E-state index is 3.56. The Bertz CT molecular complexity index is 244. The highest BCUT2D eigenvalue weighted by atomic mass is 32.1. The third kappa shape index (κ3) is 5.92. The highest BCUT2D eigenvalue weighted by Crippen LogP contribution is 2.08. The van der Waals surface area contributed by atoms with Gasteiger partial charge >= 0.3 is 0 Å². The second kappa shape index (κ2) is 6.99. The van der Waals surface area contributed by atoms with Crippen molar-refractivity contribution in [3.05, 3.63) is 22.4 Å². The highest BCUT2D eigenvalue weighted by molar-refractivity contribution is 7.09. The van der Waals surface area contributed by atoms with Crippen molar-refractivity contribution in [3.8, 4) is 0 Å². The number of nitrogens with zero attached hydrogens (tertiary/aromatic N) is 1. The molecule has 0 saturated carbocycles. The zero-order valence-electron chi connectivity index (χ0n) is 9.99. The van der Waals surface area contributed by atoms with E-state index in [0.29, 0.717) is 6.04 Å². The molecule has 86 valence electrons. The second-order valence-corrected chi connectivity index (χ2v) is 5.31. The molecule has 1 atom stereocenters. The van der Waals surface area contributed by atoms with E-state index < -0.39 is 0 Å². The Morgan fingerprint density at radius 2 is 2.27 bits per heavy atom. The van der Waals surface area contributed by atoms with Crippen LogP contribution in [0.1, 0.15) is 18.2 Å². The molecular formula is C12H22N2S. The molecule has 0 saturated heterocycles. The SMILES string of the molecule is CC(CCN(C)C)NCCc1cccs1. The van der Waals surface area contributed by atoms with Crippen molar-refractivity contribution in [1.29, 1.82) is 0 Å².